The van der Waals surface area contributed by atoms with Gasteiger partial charge in [-0.15, -0.1) is 0 Å². The highest BCUT2D eigenvalue weighted by Gasteiger charge is 2.31. The minimum atomic E-state index is -4.34. The van der Waals surface area contributed by atoms with Gasteiger partial charge < -0.3 is 5.73 Å². The van der Waals surface area contributed by atoms with Crippen LogP contribution < -0.4 is 5.73 Å². The lowest BCUT2D eigenvalue weighted by Gasteiger charge is -2.12. The standard InChI is InChI=1S/C11H12F3N3.C11H14F3N/c1-7-3-4-10(11(12,13)14)6-9(7)5-8(2)16-17-15;1-7-3-4-10(11(12,13)14)6-9(7)5-8(2)15/h3-4,6,8H,5H2,1-2H3;3-4,6,8H,5,15H2,1-2H3/t2*8-/m00/s1. The quantitative estimate of drug-likeness (QED) is 0.219. The molecule has 0 spiro atoms. The van der Waals surface area contributed by atoms with Gasteiger partial charge >= 0.3 is 12.4 Å². The molecule has 176 valence electrons. The second-order valence-electron chi connectivity index (χ2n) is 7.72. The van der Waals surface area contributed by atoms with Crippen molar-refractivity contribution in [2.75, 3.05) is 0 Å². The summed E-state index contributed by atoms with van der Waals surface area (Å²) in [6.07, 6.45) is -7.85. The van der Waals surface area contributed by atoms with Crippen molar-refractivity contribution in [3.63, 3.8) is 0 Å². The van der Waals surface area contributed by atoms with Crippen molar-refractivity contribution < 1.29 is 26.3 Å². The Morgan fingerprint density at radius 3 is 1.59 bits per heavy atom. The van der Waals surface area contributed by atoms with Gasteiger partial charge in [0.25, 0.3) is 0 Å². The van der Waals surface area contributed by atoms with Crippen LogP contribution in [0.3, 0.4) is 0 Å². The van der Waals surface area contributed by atoms with Crippen LogP contribution in [0.4, 0.5) is 26.3 Å². The molecule has 0 aliphatic rings. The molecule has 0 unspecified atom stereocenters. The molecule has 2 aromatic carbocycles. The molecular weight excluding hydrogens is 434 g/mol. The summed E-state index contributed by atoms with van der Waals surface area (Å²) in [5.41, 5.74) is 15.4. The lowest BCUT2D eigenvalue weighted by atomic mass is 9.99. The van der Waals surface area contributed by atoms with Crippen LogP contribution in [0.25, 0.3) is 10.4 Å². The van der Waals surface area contributed by atoms with Crippen molar-refractivity contribution in [1.82, 2.24) is 0 Å². The van der Waals surface area contributed by atoms with E-state index in [-0.39, 0.29) is 12.1 Å². The summed E-state index contributed by atoms with van der Waals surface area (Å²) >= 11 is 0. The Morgan fingerprint density at radius 2 is 1.25 bits per heavy atom. The van der Waals surface area contributed by atoms with Gasteiger partial charge in [0.15, 0.2) is 0 Å². The molecule has 2 N–H and O–H groups in total. The maximum absolute atomic E-state index is 12.5. The number of hydrogen-bond donors (Lipinski definition) is 1. The summed E-state index contributed by atoms with van der Waals surface area (Å²) in [7, 11) is 0. The average molecular weight is 460 g/mol. The molecule has 0 radical (unpaired) electrons. The molecule has 0 aliphatic carbocycles. The van der Waals surface area contributed by atoms with Crippen molar-refractivity contribution in [2.24, 2.45) is 10.8 Å². The van der Waals surface area contributed by atoms with E-state index < -0.39 is 23.5 Å². The van der Waals surface area contributed by atoms with E-state index in [1.807, 2.05) is 0 Å². The minimum Gasteiger partial charge on any atom is -0.328 e. The molecule has 2 atom stereocenters. The summed E-state index contributed by atoms with van der Waals surface area (Å²) in [5, 5.41) is 3.45. The molecule has 10 heteroatoms. The van der Waals surface area contributed by atoms with E-state index in [2.05, 4.69) is 10.0 Å². The Labute approximate surface area is 183 Å². The second kappa shape index (κ2) is 11.2. The van der Waals surface area contributed by atoms with Gasteiger partial charge in [-0.25, -0.2) is 0 Å². The third-order valence-corrected chi connectivity index (χ3v) is 4.66. The maximum atomic E-state index is 12.5. The predicted molar refractivity (Wildman–Crippen MR) is 112 cm³/mol. The number of aryl methyl sites for hydroxylation is 2. The van der Waals surface area contributed by atoms with E-state index in [0.717, 1.165) is 29.3 Å². The molecule has 0 bridgehead atoms. The number of halogens is 6. The third kappa shape index (κ3) is 8.80. The summed E-state index contributed by atoms with van der Waals surface area (Å²) in [6.45, 7) is 6.97. The van der Waals surface area contributed by atoms with Gasteiger partial charge in [0.1, 0.15) is 0 Å². The van der Waals surface area contributed by atoms with Crippen LogP contribution in [-0.4, -0.2) is 12.1 Å². The van der Waals surface area contributed by atoms with Crippen LogP contribution in [0.15, 0.2) is 41.5 Å². The Bertz CT molecular complexity index is 944. The molecular formula is C22H26F6N4. The number of azide groups is 1. The fourth-order valence-electron chi connectivity index (χ4n) is 2.93. The highest BCUT2D eigenvalue weighted by atomic mass is 19.4. The molecule has 0 fully saturated rings. The van der Waals surface area contributed by atoms with Crippen LogP contribution in [0.5, 0.6) is 0 Å². The molecule has 4 nitrogen and oxygen atoms in total. The first-order valence-electron chi connectivity index (χ1n) is 9.78. The highest BCUT2D eigenvalue weighted by molar-refractivity contribution is 5.34. The Morgan fingerprint density at radius 1 is 0.844 bits per heavy atom. The van der Waals surface area contributed by atoms with Gasteiger partial charge in [-0.05, 0) is 85.7 Å². The topological polar surface area (TPSA) is 74.8 Å². The Kier molecular flexibility index (Phi) is 9.60. The van der Waals surface area contributed by atoms with Gasteiger partial charge in [-0.1, -0.05) is 24.2 Å². The molecule has 0 aromatic heterocycles. The van der Waals surface area contributed by atoms with Crippen LogP contribution in [0, 0.1) is 13.8 Å². The smallest absolute Gasteiger partial charge is 0.328 e. The molecule has 0 saturated heterocycles. The molecule has 32 heavy (non-hydrogen) atoms. The van der Waals surface area contributed by atoms with Crippen LogP contribution in [0.1, 0.15) is 47.2 Å². The zero-order valence-corrected chi connectivity index (χ0v) is 18.2. The van der Waals surface area contributed by atoms with E-state index in [1.54, 1.807) is 27.7 Å². The number of benzene rings is 2. The van der Waals surface area contributed by atoms with Crippen molar-refractivity contribution in [1.29, 1.82) is 0 Å². The summed E-state index contributed by atoms with van der Waals surface area (Å²) in [5.74, 6) is 0. The van der Waals surface area contributed by atoms with Crippen molar-refractivity contribution >= 4 is 0 Å². The number of hydrogen-bond acceptors (Lipinski definition) is 2. The highest BCUT2D eigenvalue weighted by Crippen LogP contribution is 2.31. The van der Waals surface area contributed by atoms with Gasteiger partial charge in [0.05, 0.1) is 11.1 Å². The fourth-order valence-corrected chi connectivity index (χ4v) is 2.93. The molecule has 2 aromatic rings. The lowest BCUT2D eigenvalue weighted by molar-refractivity contribution is -0.138. The lowest BCUT2D eigenvalue weighted by Crippen LogP contribution is -2.19. The predicted octanol–water partition coefficient (Wildman–Crippen LogP) is 7.16. The van der Waals surface area contributed by atoms with E-state index in [4.69, 9.17) is 11.3 Å². The van der Waals surface area contributed by atoms with Crippen molar-refractivity contribution in [3.05, 3.63) is 80.2 Å². The number of nitrogens with two attached hydrogens (primary N) is 1. The molecule has 0 amide bonds. The third-order valence-electron chi connectivity index (χ3n) is 4.66. The zero-order chi connectivity index (χ0) is 24.7. The van der Waals surface area contributed by atoms with Crippen molar-refractivity contribution in [3.8, 4) is 0 Å². The SMILES string of the molecule is Cc1ccc(C(F)(F)F)cc1C[C@H](C)N.Cc1ccc(C(F)(F)F)cc1C[C@H](C)N=[N+]=[N-]. The van der Waals surface area contributed by atoms with E-state index in [1.165, 1.54) is 18.2 Å². The number of alkyl halides is 6. The van der Waals surface area contributed by atoms with Crippen molar-refractivity contribution in [2.45, 2.75) is 65.0 Å². The van der Waals surface area contributed by atoms with Crippen LogP contribution in [-0.2, 0) is 25.2 Å². The zero-order valence-electron chi connectivity index (χ0n) is 18.2. The van der Waals surface area contributed by atoms with Crippen LogP contribution in [0.2, 0.25) is 0 Å². The first-order chi connectivity index (χ1) is 14.6. The van der Waals surface area contributed by atoms with E-state index >= 15 is 0 Å². The van der Waals surface area contributed by atoms with Gasteiger partial charge in [-0.2, -0.15) is 26.3 Å². The second-order valence-corrected chi connectivity index (χ2v) is 7.72. The minimum absolute atomic E-state index is 0.132. The fraction of sp³-hybridized carbons (Fsp3) is 0.455. The van der Waals surface area contributed by atoms with Gasteiger partial charge in [0, 0.05) is 17.0 Å². The first kappa shape index (κ1) is 27.3. The number of nitrogens with zero attached hydrogens (tertiary/aromatic N) is 3. The Hall–Kier alpha value is -2.71. The van der Waals surface area contributed by atoms with E-state index in [0.29, 0.717) is 24.0 Å². The monoisotopic (exact) mass is 460 g/mol. The molecule has 0 heterocycles. The van der Waals surface area contributed by atoms with Gasteiger partial charge in [0.2, 0.25) is 0 Å². The summed E-state index contributed by atoms with van der Waals surface area (Å²) < 4.78 is 74.7. The normalized spacial score (nSPS) is 13.5. The molecule has 0 saturated carbocycles. The molecule has 0 aliphatic heterocycles. The van der Waals surface area contributed by atoms with Gasteiger partial charge in [-0.3, -0.25) is 0 Å². The van der Waals surface area contributed by atoms with E-state index in [9.17, 15) is 26.3 Å². The largest absolute Gasteiger partial charge is 0.416 e. The summed E-state index contributed by atoms with van der Waals surface area (Å²) in [4.78, 5) is 2.64. The summed E-state index contributed by atoms with van der Waals surface area (Å²) in [6, 6.07) is 6.87. The number of rotatable bonds is 5. The first-order valence-corrected chi connectivity index (χ1v) is 9.78. The van der Waals surface area contributed by atoms with Crippen LogP contribution >= 0.6 is 0 Å². The molecule has 2 rings (SSSR count). The average Bonchev–Trinajstić information content (AvgIpc) is 2.64. The Balaban J connectivity index is 0.000000323. The maximum Gasteiger partial charge on any atom is 0.416 e.